The monoisotopic (exact) mass is 673 g/mol. The second-order valence-corrected chi connectivity index (χ2v) is 17.6. The average molecular weight is 674 g/mol. The number of rotatable bonds is 4. The van der Waals surface area contributed by atoms with Gasteiger partial charge in [0.05, 0.1) is 5.69 Å². The number of anilines is 3. The van der Waals surface area contributed by atoms with Gasteiger partial charge in [0.25, 0.3) is 0 Å². The van der Waals surface area contributed by atoms with Crippen LogP contribution in [-0.2, 0) is 0 Å². The predicted molar refractivity (Wildman–Crippen MR) is 212 cm³/mol. The summed E-state index contributed by atoms with van der Waals surface area (Å²) in [7, 11) is -2.72. The van der Waals surface area contributed by atoms with E-state index < -0.39 is 8.07 Å². The van der Waals surface area contributed by atoms with Gasteiger partial charge in [-0.3, -0.25) is 0 Å². The van der Waals surface area contributed by atoms with Gasteiger partial charge in [0, 0.05) is 26.6 Å². The molecule has 0 atom stereocenters. The standard InChI is InChI=1S/C46H31NOSSi/c1-2-13-32(14-3-1)33-25-27-35(28-26-33)47(38-18-12-16-34-15-4-5-17-37(34)38)36-29-30-46-42(31-36)49-41-21-8-11-24-45(41)50(46)43-22-9-6-19-39(43)48-40-20-7-10-23-44(40)50/h1-31H. The van der Waals surface area contributed by atoms with Gasteiger partial charge in [-0.15, -0.1) is 0 Å². The van der Waals surface area contributed by atoms with Crippen LogP contribution in [0.5, 0.6) is 11.5 Å². The van der Waals surface area contributed by atoms with Crippen molar-refractivity contribution in [2.45, 2.75) is 9.79 Å². The minimum Gasteiger partial charge on any atom is -0.458 e. The molecule has 2 nitrogen and oxygen atoms in total. The van der Waals surface area contributed by atoms with Crippen molar-refractivity contribution in [2.75, 3.05) is 4.90 Å². The lowest BCUT2D eigenvalue weighted by atomic mass is 10.0. The molecule has 0 aromatic heterocycles. The zero-order valence-corrected chi connectivity index (χ0v) is 29.0. The predicted octanol–water partition coefficient (Wildman–Crippen LogP) is 9.92. The van der Waals surface area contributed by atoms with Crippen LogP contribution in [0, 0.1) is 0 Å². The molecule has 8 aromatic rings. The molecule has 236 valence electrons. The van der Waals surface area contributed by atoms with Crippen molar-refractivity contribution < 1.29 is 4.74 Å². The Bertz CT molecular complexity index is 2500. The van der Waals surface area contributed by atoms with Gasteiger partial charge in [-0.2, -0.15) is 0 Å². The summed E-state index contributed by atoms with van der Waals surface area (Å²) in [6.45, 7) is 0. The number of nitrogens with zero attached hydrogens (tertiary/aromatic N) is 1. The van der Waals surface area contributed by atoms with E-state index in [0.717, 1.165) is 28.6 Å². The van der Waals surface area contributed by atoms with E-state index in [2.05, 4.69) is 193 Å². The first-order valence-electron chi connectivity index (χ1n) is 17.0. The summed E-state index contributed by atoms with van der Waals surface area (Å²) < 4.78 is 6.61. The highest BCUT2D eigenvalue weighted by Gasteiger charge is 2.52. The van der Waals surface area contributed by atoms with E-state index in [-0.39, 0.29) is 0 Å². The second-order valence-electron chi connectivity index (χ2n) is 12.9. The number of ether oxygens (including phenoxy) is 1. The van der Waals surface area contributed by atoms with Crippen LogP contribution in [0.1, 0.15) is 0 Å². The molecule has 10 rings (SSSR count). The van der Waals surface area contributed by atoms with E-state index in [1.807, 2.05) is 11.8 Å². The zero-order valence-electron chi connectivity index (χ0n) is 27.2. The first-order chi connectivity index (χ1) is 24.8. The molecular weight excluding hydrogens is 643 g/mol. The molecule has 0 saturated heterocycles. The number of fused-ring (bicyclic) bond motifs is 9. The number of hydrogen-bond donors (Lipinski definition) is 0. The van der Waals surface area contributed by atoms with Crippen LogP contribution < -0.4 is 30.4 Å². The summed E-state index contributed by atoms with van der Waals surface area (Å²) in [5, 5.41) is 7.89. The van der Waals surface area contributed by atoms with Crippen LogP contribution >= 0.6 is 11.8 Å². The van der Waals surface area contributed by atoms with Gasteiger partial charge in [0.1, 0.15) is 11.5 Å². The van der Waals surface area contributed by atoms with Crippen molar-refractivity contribution in [2.24, 2.45) is 0 Å². The number of hydrogen-bond acceptors (Lipinski definition) is 3. The topological polar surface area (TPSA) is 12.5 Å². The van der Waals surface area contributed by atoms with Crippen LogP contribution in [0.25, 0.3) is 21.9 Å². The van der Waals surface area contributed by atoms with Gasteiger partial charge in [0.15, 0.2) is 8.07 Å². The molecule has 4 heteroatoms. The minimum atomic E-state index is -2.72. The summed E-state index contributed by atoms with van der Waals surface area (Å²) in [5.41, 5.74) is 5.83. The first-order valence-corrected chi connectivity index (χ1v) is 19.8. The maximum absolute atomic E-state index is 6.61. The fourth-order valence-electron chi connectivity index (χ4n) is 8.01. The molecule has 0 radical (unpaired) electrons. The maximum atomic E-state index is 6.61. The van der Waals surface area contributed by atoms with Crippen molar-refractivity contribution in [3.63, 3.8) is 0 Å². The summed E-state index contributed by atoms with van der Waals surface area (Å²) in [6, 6.07) is 68.5. The summed E-state index contributed by atoms with van der Waals surface area (Å²) in [5.74, 6) is 1.93. The number of para-hydroxylation sites is 2. The summed E-state index contributed by atoms with van der Waals surface area (Å²) >= 11 is 1.89. The Balaban J connectivity index is 1.21. The smallest absolute Gasteiger partial charge is 0.190 e. The van der Waals surface area contributed by atoms with Gasteiger partial charge >= 0.3 is 0 Å². The molecule has 0 bridgehead atoms. The van der Waals surface area contributed by atoms with E-state index in [0.29, 0.717) is 0 Å². The molecule has 50 heavy (non-hydrogen) atoms. The molecule has 0 fully saturated rings. The van der Waals surface area contributed by atoms with Crippen molar-refractivity contribution in [3.05, 3.63) is 188 Å². The van der Waals surface area contributed by atoms with Crippen molar-refractivity contribution in [1.29, 1.82) is 0 Å². The molecule has 0 unspecified atom stereocenters. The van der Waals surface area contributed by atoms with Crippen LogP contribution in [0.15, 0.2) is 198 Å². The van der Waals surface area contributed by atoms with E-state index in [1.165, 1.54) is 52.4 Å². The van der Waals surface area contributed by atoms with Gasteiger partial charge in [-0.1, -0.05) is 151 Å². The molecular formula is C46H31NOSSi. The van der Waals surface area contributed by atoms with Crippen LogP contribution in [0.4, 0.5) is 17.1 Å². The third kappa shape index (κ3) is 4.42. The minimum absolute atomic E-state index is 0.963. The van der Waals surface area contributed by atoms with Crippen LogP contribution in [-0.4, -0.2) is 8.07 Å². The SMILES string of the molecule is c1ccc(-c2ccc(N(c3ccc4c(c3)Sc3ccccc3[Si]43c4ccccc4Oc4ccccc43)c3cccc4ccccc34)cc2)cc1. The molecule has 2 aliphatic rings. The highest BCUT2D eigenvalue weighted by molar-refractivity contribution is 8.00. The summed E-state index contributed by atoms with van der Waals surface area (Å²) in [4.78, 5) is 5.04. The summed E-state index contributed by atoms with van der Waals surface area (Å²) in [6.07, 6.45) is 0. The molecule has 2 aliphatic heterocycles. The van der Waals surface area contributed by atoms with Crippen molar-refractivity contribution in [3.8, 4) is 22.6 Å². The zero-order chi connectivity index (χ0) is 33.1. The Morgan fingerprint density at radius 2 is 1.00 bits per heavy atom. The van der Waals surface area contributed by atoms with E-state index >= 15 is 0 Å². The number of benzene rings is 8. The van der Waals surface area contributed by atoms with Gasteiger partial charge in [-0.25, -0.2) is 0 Å². The van der Waals surface area contributed by atoms with Gasteiger partial charge in [0.2, 0.25) is 0 Å². The molecule has 0 saturated carbocycles. The Morgan fingerprint density at radius 1 is 0.420 bits per heavy atom. The molecule has 0 aliphatic carbocycles. The lowest BCUT2D eigenvalue weighted by Gasteiger charge is -2.43. The lowest BCUT2D eigenvalue weighted by molar-refractivity contribution is 0.487. The fourth-order valence-corrected chi connectivity index (χ4v) is 15.2. The Labute approximate surface area is 297 Å². The third-order valence-electron chi connectivity index (χ3n) is 10.2. The molecule has 2 heterocycles. The molecule has 0 amide bonds. The highest BCUT2D eigenvalue weighted by Crippen LogP contribution is 2.43. The van der Waals surface area contributed by atoms with E-state index in [1.54, 1.807) is 0 Å². The Morgan fingerprint density at radius 3 is 1.78 bits per heavy atom. The molecule has 0 N–H and O–H groups in total. The first kappa shape index (κ1) is 29.1. The van der Waals surface area contributed by atoms with Crippen molar-refractivity contribution in [1.82, 2.24) is 0 Å². The largest absolute Gasteiger partial charge is 0.458 e. The maximum Gasteiger partial charge on any atom is 0.190 e. The quantitative estimate of drug-likeness (QED) is 0.173. The molecule has 8 aromatic carbocycles. The van der Waals surface area contributed by atoms with Gasteiger partial charge in [-0.05, 0) is 85.8 Å². The van der Waals surface area contributed by atoms with Crippen LogP contribution in [0.3, 0.4) is 0 Å². The third-order valence-corrected chi connectivity index (χ3v) is 16.6. The highest BCUT2D eigenvalue weighted by atomic mass is 32.2. The Kier molecular flexibility index (Phi) is 6.79. The second kappa shape index (κ2) is 11.7. The average Bonchev–Trinajstić information content (AvgIpc) is 3.18. The lowest BCUT2D eigenvalue weighted by Crippen LogP contribution is -2.77. The van der Waals surface area contributed by atoms with E-state index in [9.17, 15) is 0 Å². The normalized spacial score (nSPS) is 13.4. The Hall–Kier alpha value is -5.81. The fraction of sp³-hybridized carbons (Fsp3) is 0. The van der Waals surface area contributed by atoms with Crippen molar-refractivity contribution >= 4 is 68.4 Å². The van der Waals surface area contributed by atoms with Crippen LogP contribution in [0.2, 0.25) is 0 Å². The molecule has 1 spiro atoms. The van der Waals surface area contributed by atoms with Gasteiger partial charge < -0.3 is 9.64 Å². The van der Waals surface area contributed by atoms with E-state index in [4.69, 9.17) is 4.74 Å².